The number of amidine groups is 1. The van der Waals surface area contributed by atoms with Crippen LogP contribution in [-0.2, 0) is 22.7 Å². The minimum Gasteiger partial charge on any atom is -0.507 e. The number of aliphatic imine (C=N–C) groups is 1. The first-order valence-corrected chi connectivity index (χ1v) is 17.3. The van der Waals surface area contributed by atoms with E-state index in [-0.39, 0.29) is 40.1 Å². The van der Waals surface area contributed by atoms with E-state index in [2.05, 4.69) is 43.1 Å². The van der Waals surface area contributed by atoms with E-state index in [1.54, 1.807) is 11.0 Å². The second-order valence-electron chi connectivity index (χ2n) is 13.2. The predicted octanol–water partition coefficient (Wildman–Crippen LogP) is 6.39. The Hall–Kier alpha value is -4.14. The molecule has 0 aliphatic carbocycles. The summed E-state index contributed by atoms with van der Waals surface area (Å²) in [6.45, 7) is 11.5. The maximum Gasteiger partial charge on any atom is 0.247 e. The van der Waals surface area contributed by atoms with Crippen LogP contribution in [0.3, 0.4) is 0 Å². The number of phenolic OH excluding ortho intramolecular Hbond substituents is 1. The lowest BCUT2D eigenvalue weighted by atomic mass is 9.86. The van der Waals surface area contributed by atoms with Crippen LogP contribution in [-0.4, -0.2) is 59.4 Å². The number of nitrogens with two attached hydrogens (primary N) is 1. The Balaban J connectivity index is 1.56. The zero-order chi connectivity index (χ0) is 33.6. The fourth-order valence-electron chi connectivity index (χ4n) is 7.10. The standard InChI is InChI=1S/C36H43FN6O3S/c1-6-7-10-28(43-15-19(2)20(3)16-43)41-35(40-27-9-8-13-42(5)36(27)45)29-21(4)32(44)30(25-18-46-17-24(25)29)22-11-12-26(37)33-31(22)23(14-38)34(39)47-33/h10-12,19-20,27,44H,6-9,13,15-18,39H2,1-5H3,(H,40,41)/b28-10-. The smallest absolute Gasteiger partial charge is 0.247 e. The number of nitrogens with zero attached hydrogens (tertiary/aromatic N) is 4. The van der Waals surface area contributed by atoms with Crippen molar-refractivity contribution in [1.29, 1.82) is 5.26 Å². The van der Waals surface area contributed by atoms with Gasteiger partial charge >= 0.3 is 0 Å². The van der Waals surface area contributed by atoms with Crippen LogP contribution in [0.2, 0.25) is 0 Å². The third-order valence-electron chi connectivity index (χ3n) is 9.98. The van der Waals surface area contributed by atoms with Crippen LogP contribution in [0.1, 0.15) is 74.3 Å². The number of carbonyl (C=O) groups is 1. The summed E-state index contributed by atoms with van der Waals surface area (Å²) in [6, 6.07) is 4.52. The molecule has 6 rings (SSSR count). The summed E-state index contributed by atoms with van der Waals surface area (Å²) in [5.74, 6) is 2.01. The molecule has 248 valence electrons. The van der Waals surface area contributed by atoms with E-state index in [0.29, 0.717) is 58.3 Å². The predicted molar refractivity (Wildman–Crippen MR) is 184 cm³/mol. The summed E-state index contributed by atoms with van der Waals surface area (Å²) in [5.41, 5.74) is 10.2. The highest BCUT2D eigenvalue weighted by atomic mass is 32.1. The van der Waals surface area contributed by atoms with Crippen LogP contribution in [0.4, 0.5) is 9.39 Å². The highest BCUT2D eigenvalue weighted by Crippen LogP contribution is 2.48. The van der Waals surface area contributed by atoms with Gasteiger partial charge < -0.3 is 30.7 Å². The second kappa shape index (κ2) is 13.2. The Morgan fingerprint density at radius 1 is 1.28 bits per heavy atom. The van der Waals surface area contributed by atoms with Crippen molar-refractivity contribution in [3.8, 4) is 22.9 Å². The summed E-state index contributed by atoms with van der Waals surface area (Å²) in [5, 5.41) is 26.3. The van der Waals surface area contributed by atoms with Gasteiger partial charge in [-0.25, -0.2) is 4.39 Å². The number of ether oxygens (including phenoxy) is 1. The maximum absolute atomic E-state index is 15.0. The summed E-state index contributed by atoms with van der Waals surface area (Å²) in [4.78, 5) is 22.6. The number of nitrogens with one attached hydrogen (secondary N) is 1. The highest BCUT2D eigenvalue weighted by Gasteiger charge is 2.34. The number of anilines is 1. The van der Waals surface area contributed by atoms with Gasteiger partial charge in [0.1, 0.15) is 40.3 Å². The third kappa shape index (κ3) is 5.82. The fraction of sp³-hybridized carbons (Fsp3) is 0.472. The molecule has 1 aromatic heterocycles. The number of halogens is 1. The van der Waals surface area contributed by atoms with E-state index < -0.39 is 11.9 Å². The Labute approximate surface area is 279 Å². The molecule has 3 unspecified atom stereocenters. The van der Waals surface area contributed by atoms with Crippen LogP contribution >= 0.6 is 11.3 Å². The lowest BCUT2D eigenvalue weighted by Crippen LogP contribution is -2.43. The van der Waals surface area contributed by atoms with Crippen LogP contribution < -0.4 is 11.1 Å². The topological polar surface area (TPSA) is 127 Å². The molecule has 2 fully saturated rings. The molecule has 3 aromatic rings. The van der Waals surface area contributed by atoms with E-state index in [1.165, 1.54) is 6.07 Å². The molecule has 0 radical (unpaired) electrons. The normalized spacial score (nSPS) is 21.9. The van der Waals surface area contributed by atoms with Gasteiger partial charge in [-0.15, -0.1) is 11.3 Å². The fourth-order valence-corrected chi connectivity index (χ4v) is 8.05. The quantitative estimate of drug-likeness (QED) is 0.198. The molecule has 0 spiro atoms. The average Bonchev–Trinajstić information content (AvgIpc) is 3.75. The van der Waals surface area contributed by atoms with Crippen molar-refractivity contribution in [1.82, 2.24) is 15.1 Å². The lowest BCUT2D eigenvalue weighted by Gasteiger charge is -2.30. The van der Waals surface area contributed by atoms with Crippen LogP contribution in [0.5, 0.6) is 5.75 Å². The number of thiophene rings is 1. The van der Waals surface area contributed by atoms with Crippen LogP contribution in [0.25, 0.3) is 21.2 Å². The molecular weight excluding hydrogens is 616 g/mol. The summed E-state index contributed by atoms with van der Waals surface area (Å²) in [6.07, 6.45) is 5.53. The number of carbonyl (C=O) groups excluding carboxylic acids is 1. The molecule has 2 aromatic carbocycles. The molecule has 0 saturated carbocycles. The minimum atomic E-state index is -0.567. The summed E-state index contributed by atoms with van der Waals surface area (Å²) < 4.78 is 21.3. The number of amides is 1. The number of allylic oxidation sites excluding steroid dienone is 1. The van der Waals surface area contributed by atoms with Gasteiger partial charge in [0.2, 0.25) is 5.91 Å². The minimum absolute atomic E-state index is 0.00471. The number of unbranched alkanes of at least 4 members (excludes halogenated alkanes) is 1. The lowest BCUT2D eigenvalue weighted by molar-refractivity contribution is -0.133. The highest BCUT2D eigenvalue weighted by molar-refractivity contribution is 7.23. The number of phenols is 1. The zero-order valence-corrected chi connectivity index (χ0v) is 28.6. The molecule has 11 heteroatoms. The number of nitrogen functional groups attached to an aromatic ring is 1. The number of hydrogen-bond donors (Lipinski definition) is 3. The number of aromatic hydroxyl groups is 1. The van der Waals surface area contributed by atoms with Crippen molar-refractivity contribution in [2.75, 3.05) is 32.4 Å². The maximum atomic E-state index is 15.0. The van der Waals surface area contributed by atoms with E-state index in [9.17, 15) is 19.6 Å². The van der Waals surface area contributed by atoms with Crippen molar-refractivity contribution in [2.24, 2.45) is 16.8 Å². The SMILES string of the molecule is CCC/C=C(/NC(=NC1CCCN(C)C1=O)c1c(C)c(O)c(-c2ccc(F)c3sc(N)c(C#N)c23)c2c1COC2)N1CC(C)C(C)C1. The van der Waals surface area contributed by atoms with Crippen LogP contribution in [0.15, 0.2) is 29.0 Å². The number of likely N-dealkylation sites (N-methyl/N-ethyl adjacent to an activating group) is 1. The Morgan fingerprint density at radius 2 is 2.00 bits per heavy atom. The average molecular weight is 659 g/mol. The number of benzene rings is 2. The van der Waals surface area contributed by atoms with Gasteiger partial charge in [0, 0.05) is 48.8 Å². The van der Waals surface area contributed by atoms with E-state index in [0.717, 1.165) is 60.6 Å². The summed E-state index contributed by atoms with van der Waals surface area (Å²) >= 11 is 1.03. The number of hydrogen-bond acceptors (Lipinski definition) is 8. The Bertz CT molecular complexity index is 1830. The van der Waals surface area contributed by atoms with Gasteiger partial charge in [-0.2, -0.15) is 5.26 Å². The molecule has 4 heterocycles. The molecule has 4 N–H and O–H groups in total. The van der Waals surface area contributed by atoms with Gasteiger partial charge in [0.05, 0.1) is 23.5 Å². The molecule has 9 nitrogen and oxygen atoms in total. The van der Waals surface area contributed by atoms with Gasteiger partial charge in [-0.3, -0.25) is 9.79 Å². The zero-order valence-electron chi connectivity index (χ0n) is 27.7. The van der Waals surface area contributed by atoms with Gasteiger partial charge in [0.25, 0.3) is 0 Å². The number of fused-ring (bicyclic) bond motifs is 2. The Morgan fingerprint density at radius 3 is 2.70 bits per heavy atom. The van der Waals surface area contributed by atoms with Crippen molar-refractivity contribution < 1.29 is 19.0 Å². The van der Waals surface area contributed by atoms with Gasteiger partial charge in [-0.1, -0.05) is 33.3 Å². The van der Waals surface area contributed by atoms with Crippen molar-refractivity contribution in [3.05, 3.63) is 57.7 Å². The molecule has 3 aliphatic rings. The largest absolute Gasteiger partial charge is 0.507 e. The number of nitriles is 1. The number of likely N-dealkylation sites (tertiary alicyclic amines) is 2. The van der Waals surface area contributed by atoms with E-state index in [4.69, 9.17) is 15.5 Å². The van der Waals surface area contributed by atoms with Gasteiger partial charge in [0.15, 0.2) is 0 Å². The van der Waals surface area contributed by atoms with E-state index >= 15 is 0 Å². The van der Waals surface area contributed by atoms with Crippen LogP contribution in [0, 0.1) is 35.9 Å². The third-order valence-corrected chi connectivity index (χ3v) is 11.0. The van der Waals surface area contributed by atoms with Crippen molar-refractivity contribution in [3.63, 3.8) is 0 Å². The van der Waals surface area contributed by atoms with Crippen molar-refractivity contribution >= 4 is 38.2 Å². The summed E-state index contributed by atoms with van der Waals surface area (Å²) in [7, 11) is 1.81. The molecule has 0 bridgehead atoms. The molecule has 47 heavy (non-hydrogen) atoms. The molecular formula is C36H43FN6O3S. The molecule has 3 atom stereocenters. The molecule has 1 amide bonds. The molecule has 3 aliphatic heterocycles. The Kier molecular flexibility index (Phi) is 9.18. The second-order valence-corrected chi connectivity index (χ2v) is 14.2. The van der Waals surface area contributed by atoms with E-state index in [1.807, 2.05) is 14.0 Å². The first-order valence-electron chi connectivity index (χ1n) is 16.5. The van der Waals surface area contributed by atoms with Crippen molar-refractivity contribution in [2.45, 2.75) is 72.6 Å². The monoisotopic (exact) mass is 658 g/mol. The number of piperidine rings is 1. The number of rotatable bonds is 7. The molecule has 2 saturated heterocycles. The van der Waals surface area contributed by atoms with Gasteiger partial charge in [-0.05, 0) is 66.9 Å². The first kappa shape index (κ1) is 32.8. The first-order chi connectivity index (χ1) is 22.5.